The van der Waals surface area contributed by atoms with Crippen LogP contribution in [0.2, 0.25) is 0 Å². The normalized spacial score (nSPS) is 18.3. The largest absolute Gasteiger partial charge is 0.354 e. The fourth-order valence-corrected chi connectivity index (χ4v) is 3.73. The Morgan fingerprint density at radius 1 is 1.12 bits per heavy atom. The third-order valence-corrected chi connectivity index (χ3v) is 5.53. The molecule has 136 valence electrons. The summed E-state index contributed by atoms with van der Waals surface area (Å²) in [6, 6.07) is 6.15. The van der Waals surface area contributed by atoms with E-state index in [1.807, 2.05) is 28.5 Å². The molecule has 5 rings (SSSR count). The molecule has 0 aromatic carbocycles. The lowest BCUT2D eigenvalue weighted by Crippen LogP contribution is -2.51. The van der Waals surface area contributed by atoms with Crippen molar-refractivity contribution < 1.29 is 0 Å². The maximum atomic E-state index is 4.81. The highest BCUT2D eigenvalue weighted by atomic mass is 15.4. The van der Waals surface area contributed by atoms with Gasteiger partial charge >= 0.3 is 0 Å². The second kappa shape index (κ2) is 6.35. The standard InChI is InChI=1S/C18H24N8/c1-24-8-7-15(22-24)10-19-9-13-11-25(12-13)17-6-5-16-20-21-18(26(16)23-17)14-3-2-4-14/h5-8,13-14,19H,2-4,9-12H2,1H3. The molecule has 1 saturated carbocycles. The van der Waals surface area contributed by atoms with Gasteiger partial charge in [0.05, 0.1) is 5.69 Å². The lowest BCUT2D eigenvalue weighted by molar-refractivity contribution is 0.377. The Hall–Kier alpha value is -2.48. The van der Waals surface area contributed by atoms with E-state index in [2.05, 4.69) is 37.6 Å². The maximum Gasteiger partial charge on any atom is 0.178 e. The third kappa shape index (κ3) is 2.84. The molecule has 2 aliphatic rings. The van der Waals surface area contributed by atoms with Crippen LogP contribution in [-0.2, 0) is 13.6 Å². The minimum absolute atomic E-state index is 0.535. The van der Waals surface area contributed by atoms with Crippen molar-refractivity contribution in [1.82, 2.24) is 34.9 Å². The number of nitrogens with zero attached hydrogens (tertiary/aromatic N) is 7. The van der Waals surface area contributed by atoms with Crippen molar-refractivity contribution in [2.75, 3.05) is 24.5 Å². The predicted octanol–water partition coefficient (Wildman–Crippen LogP) is 1.35. The highest BCUT2D eigenvalue weighted by Gasteiger charge is 2.29. The van der Waals surface area contributed by atoms with Crippen LogP contribution >= 0.6 is 0 Å². The van der Waals surface area contributed by atoms with Crippen LogP contribution in [0.3, 0.4) is 0 Å². The van der Waals surface area contributed by atoms with Crippen molar-refractivity contribution in [2.24, 2.45) is 13.0 Å². The number of rotatable bonds is 6. The molecule has 3 aromatic heterocycles. The van der Waals surface area contributed by atoms with E-state index in [1.165, 1.54) is 19.3 Å². The number of aromatic nitrogens is 6. The summed E-state index contributed by atoms with van der Waals surface area (Å²) in [5, 5.41) is 21.3. The summed E-state index contributed by atoms with van der Waals surface area (Å²) in [5.41, 5.74) is 1.94. The van der Waals surface area contributed by atoms with Crippen molar-refractivity contribution in [3.05, 3.63) is 35.9 Å². The number of anilines is 1. The van der Waals surface area contributed by atoms with Crippen molar-refractivity contribution >= 4 is 11.5 Å². The van der Waals surface area contributed by atoms with Crippen LogP contribution in [0.25, 0.3) is 5.65 Å². The molecular weight excluding hydrogens is 328 g/mol. The van der Waals surface area contributed by atoms with Crippen LogP contribution < -0.4 is 10.2 Å². The van der Waals surface area contributed by atoms with Gasteiger partial charge in [0.15, 0.2) is 11.5 Å². The Kier molecular flexibility index (Phi) is 3.85. The van der Waals surface area contributed by atoms with Gasteiger partial charge in [-0.2, -0.15) is 9.61 Å². The van der Waals surface area contributed by atoms with Gasteiger partial charge in [-0.25, -0.2) is 0 Å². The lowest BCUT2D eigenvalue weighted by atomic mass is 9.85. The molecule has 0 bridgehead atoms. The van der Waals surface area contributed by atoms with Gasteiger partial charge in [-0.05, 0) is 31.0 Å². The van der Waals surface area contributed by atoms with Gasteiger partial charge in [0.25, 0.3) is 0 Å². The zero-order chi connectivity index (χ0) is 17.5. The molecule has 0 unspecified atom stereocenters. The molecule has 0 radical (unpaired) electrons. The number of aryl methyl sites for hydroxylation is 1. The van der Waals surface area contributed by atoms with E-state index < -0.39 is 0 Å². The first-order chi connectivity index (χ1) is 12.8. The van der Waals surface area contributed by atoms with Gasteiger partial charge in [-0.1, -0.05) is 6.42 Å². The van der Waals surface area contributed by atoms with E-state index in [1.54, 1.807) is 0 Å². The molecule has 2 fully saturated rings. The number of fused-ring (bicyclic) bond motifs is 1. The average Bonchev–Trinajstić information content (AvgIpc) is 3.14. The van der Waals surface area contributed by atoms with Gasteiger partial charge < -0.3 is 10.2 Å². The summed E-state index contributed by atoms with van der Waals surface area (Å²) in [6.45, 7) is 3.91. The summed E-state index contributed by atoms with van der Waals surface area (Å²) in [6.07, 6.45) is 5.69. The molecule has 0 spiro atoms. The van der Waals surface area contributed by atoms with Gasteiger partial charge in [0.2, 0.25) is 0 Å². The smallest absolute Gasteiger partial charge is 0.178 e. The molecule has 26 heavy (non-hydrogen) atoms. The number of hydrogen-bond donors (Lipinski definition) is 1. The van der Waals surface area contributed by atoms with Gasteiger partial charge in [0.1, 0.15) is 5.82 Å². The van der Waals surface area contributed by atoms with Crippen LogP contribution in [0.5, 0.6) is 0 Å². The quantitative estimate of drug-likeness (QED) is 0.722. The van der Waals surface area contributed by atoms with Crippen molar-refractivity contribution in [2.45, 2.75) is 31.7 Å². The van der Waals surface area contributed by atoms with Crippen LogP contribution in [-0.4, -0.2) is 49.2 Å². The van der Waals surface area contributed by atoms with Gasteiger partial charge in [0, 0.05) is 51.3 Å². The Bertz CT molecular complexity index is 903. The van der Waals surface area contributed by atoms with E-state index in [0.717, 1.165) is 49.2 Å². The van der Waals surface area contributed by atoms with E-state index in [0.29, 0.717) is 11.8 Å². The minimum Gasteiger partial charge on any atom is -0.354 e. The van der Waals surface area contributed by atoms with Gasteiger partial charge in [-0.3, -0.25) is 4.68 Å². The summed E-state index contributed by atoms with van der Waals surface area (Å²) in [5.74, 6) is 3.25. The van der Waals surface area contributed by atoms with E-state index >= 15 is 0 Å². The molecule has 8 heteroatoms. The first-order valence-corrected chi connectivity index (χ1v) is 9.43. The van der Waals surface area contributed by atoms with E-state index in [4.69, 9.17) is 5.10 Å². The molecular formula is C18H24N8. The van der Waals surface area contributed by atoms with Crippen LogP contribution in [0.1, 0.15) is 36.7 Å². The zero-order valence-electron chi connectivity index (χ0n) is 15.0. The third-order valence-electron chi connectivity index (χ3n) is 5.53. The van der Waals surface area contributed by atoms with Crippen molar-refractivity contribution in [3.63, 3.8) is 0 Å². The fourth-order valence-electron chi connectivity index (χ4n) is 3.73. The highest BCUT2D eigenvalue weighted by Crippen LogP contribution is 2.35. The summed E-state index contributed by atoms with van der Waals surface area (Å²) in [7, 11) is 1.95. The highest BCUT2D eigenvalue weighted by molar-refractivity contribution is 5.47. The maximum absolute atomic E-state index is 4.81. The Morgan fingerprint density at radius 3 is 2.73 bits per heavy atom. The fraction of sp³-hybridized carbons (Fsp3) is 0.556. The first kappa shape index (κ1) is 15.7. The summed E-state index contributed by atoms with van der Waals surface area (Å²) < 4.78 is 3.79. The van der Waals surface area contributed by atoms with Crippen LogP contribution in [0.4, 0.5) is 5.82 Å². The molecule has 4 heterocycles. The first-order valence-electron chi connectivity index (χ1n) is 9.43. The lowest BCUT2D eigenvalue weighted by Gasteiger charge is -2.40. The average molecular weight is 352 g/mol. The minimum atomic E-state index is 0.535. The Labute approximate surface area is 152 Å². The molecule has 0 atom stereocenters. The van der Waals surface area contributed by atoms with Crippen LogP contribution in [0, 0.1) is 5.92 Å². The molecule has 1 N–H and O–H groups in total. The second-order valence-corrected chi connectivity index (χ2v) is 7.53. The molecule has 8 nitrogen and oxygen atoms in total. The zero-order valence-corrected chi connectivity index (χ0v) is 15.0. The molecule has 0 amide bonds. The van der Waals surface area contributed by atoms with Crippen LogP contribution in [0.15, 0.2) is 24.4 Å². The van der Waals surface area contributed by atoms with Crippen molar-refractivity contribution in [1.29, 1.82) is 0 Å². The number of hydrogen-bond acceptors (Lipinski definition) is 6. The van der Waals surface area contributed by atoms with Gasteiger partial charge in [-0.15, -0.1) is 15.3 Å². The topological polar surface area (TPSA) is 76.2 Å². The number of nitrogens with one attached hydrogen (secondary N) is 1. The van der Waals surface area contributed by atoms with E-state index in [-0.39, 0.29) is 0 Å². The molecule has 1 aliphatic carbocycles. The molecule has 1 aliphatic heterocycles. The Morgan fingerprint density at radius 2 is 2.00 bits per heavy atom. The van der Waals surface area contributed by atoms with Crippen molar-refractivity contribution in [3.8, 4) is 0 Å². The second-order valence-electron chi connectivity index (χ2n) is 7.53. The monoisotopic (exact) mass is 352 g/mol. The van der Waals surface area contributed by atoms with E-state index in [9.17, 15) is 0 Å². The summed E-state index contributed by atoms with van der Waals surface area (Å²) in [4.78, 5) is 2.33. The predicted molar refractivity (Wildman–Crippen MR) is 98.0 cm³/mol. The molecule has 1 saturated heterocycles. The SMILES string of the molecule is Cn1ccc(CNCC2CN(c3ccc4nnc(C5CCC5)n4n3)C2)n1. The molecule has 3 aromatic rings. The Balaban J connectivity index is 1.18. The summed E-state index contributed by atoms with van der Waals surface area (Å²) >= 11 is 0.